The van der Waals surface area contributed by atoms with E-state index < -0.39 is 10.8 Å². The molecule has 1 saturated heterocycles. The van der Waals surface area contributed by atoms with Crippen molar-refractivity contribution in [2.24, 2.45) is 5.92 Å². The van der Waals surface area contributed by atoms with Gasteiger partial charge in [-0.3, -0.25) is 4.21 Å². The molecular formula is C12H20OS5. The van der Waals surface area contributed by atoms with Gasteiger partial charge in [0.2, 0.25) is 0 Å². The standard InChI is InChI=1S/C12H20OS5/c1-4-6-14-16-9-11-8-10(3)18(13)12(11)17-15-7-5-2/h4-5,10-12H,1-2,6-9H2,3H3/t10?,11-,12-,18?/m0/s1. The zero-order valence-electron chi connectivity index (χ0n) is 10.6. The molecule has 4 atom stereocenters. The molecule has 0 saturated carbocycles. The smallest absolute Gasteiger partial charge is 0.0944 e. The Morgan fingerprint density at radius 1 is 1.22 bits per heavy atom. The molecule has 18 heavy (non-hydrogen) atoms. The van der Waals surface area contributed by atoms with Crippen LogP contribution >= 0.6 is 43.2 Å². The molecule has 1 aliphatic rings. The minimum Gasteiger partial charge on any atom is -0.258 e. The summed E-state index contributed by atoms with van der Waals surface area (Å²) in [7, 11) is 6.62. The van der Waals surface area contributed by atoms with Gasteiger partial charge in [-0.2, -0.15) is 0 Å². The fourth-order valence-electron chi connectivity index (χ4n) is 1.70. The summed E-state index contributed by atoms with van der Waals surface area (Å²) in [5, 5.41) is 0.349. The average molecular weight is 341 g/mol. The van der Waals surface area contributed by atoms with Crippen LogP contribution in [0.15, 0.2) is 25.3 Å². The monoisotopic (exact) mass is 340 g/mol. The molecule has 0 aromatic heterocycles. The van der Waals surface area contributed by atoms with E-state index in [0.717, 1.165) is 23.7 Å². The fraction of sp³-hybridized carbons (Fsp3) is 0.667. The highest BCUT2D eigenvalue weighted by atomic mass is 33.1. The van der Waals surface area contributed by atoms with Gasteiger partial charge < -0.3 is 0 Å². The van der Waals surface area contributed by atoms with E-state index in [9.17, 15) is 4.21 Å². The predicted octanol–water partition coefficient (Wildman–Crippen LogP) is 4.60. The van der Waals surface area contributed by atoms with Gasteiger partial charge in [0.05, 0.1) is 4.58 Å². The van der Waals surface area contributed by atoms with Crippen molar-refractivity contribution in [2.75, 3.05) is 17.3 Å². The zero-order valence-corrected chi connectivity index (χ0v) is 14.7. The summed E-state index contributed by atoms with van der Waals surface area (Å²) in [4.78, 5) is 0. The van der Waals surface area contributed by atoms with Crippen LogP contribution in [-0.4, -0.2) is 31.3 Å². The first kappa shape index (κ1) is 17.1. The second-order valence-corrected chi connectivity index (χ2v) is 11.4. The Hall–Kier alpha value is 1.03. The van der Waals surface area contributed by atoms with Crippen LogP contribution in [0.25, 0.3) is 0 Å². The Bertz CT molecular complexity index is 294. The normalized spacial score (nSPS) is 31.4. The van der Waals surface area contributed by atoms with E-state index in [2.05, 4.69) is 20.1 Å². The third-order valence-electron chi connectivity index (χ3n) is 2.55. The lowest BCUT2D eigenvalue weighted by molar-refractivity contribution is 0.621. The highest BCUT2D eigenvalue weighted by molar-refractivity contribution is 8.78. The maximum atomic E-state index is 12.2. The lowest BCUT2D eigenvalue weighted by Gasteiger charge is -2.16. The number of hydrogen-bond donors (Lipinski definition) is 0. The van der Waals surface area contributed by atoms with Crippen LogP contribution in [0.3, 0.4) is 0 Å². The molecule has 1 aliphatic heterocycles. The molecule has 104 valence electrons. The highest BCUT2D eigenvalue weighted by Crippen LogP contribution is 2.44. The molecule has 0 aromatic carbocycles. The molecular weight excluding hydrogens is 320 g/mol. The molecule has 0 N–H and O–H groups in total. The van der Waals surface area contributed by atoms with Crippen LogP contribution in [0.1, 0.15) is 13.3 Å². The minimum absolute atomic E-state index is 0.293. The van der Waals surface area contributed by atoms with Gasteiger partial charge in [0.15, 0.2) is 0 Å². The molecule has 1 heterocycles. The van der Waals surface area contributed by atoms with Gasteiger partial charge in [-0.1, -0.05) is 62.3 Å². The maximum absolute atomic E-state index is 12.2. The molecule has 0 radical (unpaired) electrons. The fourth-order valence-corrected chi connectivity index (χ4v) is 9.76. The van der Waals surface area contributed by atoms with E-state index in [0.29, 0.717) is 15.7 Å². The van der Waals surface area contributed by atoms with Crippen molar-refractivity contribution in [3.63, 3.8) is 0 Å². The van der Waals surface area contributed by atoms with Gasteiger partial charge in [0.1, 0.15) is 0 Å². The van der Waals surface area contributed by atoms with Crippen molar-refractivity contribution in [3.05, 3.63) is 25.3 Å². The number of hydrogen-bond acceptors (Lipinski definition) is 5. The van der Waals surface area contributed by atoms with Crippen LogP contribution < -0.4 is 0 Å². The zero-order chi connectivity index (χ0) is 13.4. The Morgan fingerprint density at radius 2 is 1.89 bits per heavy atom. The highest BCUT2D eigenvalue weighted by Gasteiger charge is 2.39. The van der Waals surface area contributed by atoms with Gasteiger partial charge in [0.25, 0.3) is 0 Å². The van der Waals surface area contributed by atoms with Gasteiger partial charge >= 0.3 is 0 Å². The summed E-state index contributed by atoms with van der Waals surface area (Å²) in [6.07, 6.45) is 4.93. The summed E-state index contributed by atoms with van der Waals surface area (Å²) in [6.45, 7) is 9.55. The van der Waals surface area contributed by atoms with Crippen molar-refractivity contribution >= 4 is 54.0 Å². The van der Waals surface area contributed by atoms with Crippen molar-refractivity contribution in [1.82, 2.24) is 0 Å². The van der Waals surface area contributed by atoms with Gasteiger partial charge in [-0.25, -0.2) is 0 Å². The third-order valence-corrected chi connectivity index (χ3v) is 10.5. The molecule has 0 spiro atoms. The van der Waals surface area contributed by atoms with E-state index in [-0.39, 0.29) is 0 Å². The molecule has 1 rings (SSSR count). The summed E-state index contributed by atoms with van der Waals surface area (Å²) in [5.41, 5.74) is 0. The summed E-state index contributed by atoms with van der Waals surface area (Å²) in [6, 6.07) is 0. The van der Waals surface area contributed by atoms with Crippen LogP contribution in [0.4, 0.5) is 0 Å². The summed E-state index contributed by atoms with van der Waals surface area (Å²) >= 11 is 0. The summed E-state index contributed by atoms with van der Waals surface area (Å²) in [5.74, 6) is 3.59. The maximum Gasteiger partial charge on any atom is 0.0944 e. The molecule has 0 amide bonds. The minimum atomic E-state index is -0.681. The average Bonchev–Trinajstić information content (AvgIpc) is 2.63. The lowest BCUT2D eigenvalue weighted by atomic mass is 10.1. The van der Waals surface area contributed by atoms with Crippen LogP contribution in [0.5, 0.6) is 0 Å². The van der Waals surface area contributed by atoms with E-state index >= 15 is 0 Å². The second-order valence-electron chi connectivity index (χ2n) is 4.03. The quantitative estimate of drug-likeness (QED) is 0.345. The van der Waals surface area contributed by atoms with E-state index in [1.807, 2.05) is 33.7 Å². The molecule has 2 unspecified atom stereocenters. The van der Waals surface area contributed by atoms with Crippen molar-refractivity contribution in [3.8, 4) is 0 Å². The van der Waals surface area contributed by atoms with Crippen molar-refractivity contribution < 1.29 is 4.21 Å². The molecule has 0 aliphatic carbocycles. The first-order valence-electron chi connectivity index (χ1n) is 5.84. The Labute approximate surface area is 129 Å². The Morgan fingerprint density at radius 3 is 2.56 bits per heavy atom. The Balaban J connectivity index is 2.39. The third kappa shape index (κ3) is 5.57. The first-order valence-corrected chi connectivity index (χ1v) is 12.0. The SMILES string of the molecule is C=CCSSC[C@@H]1CC(C)S(=O)[C@@H]1SSCC=C. The van der Waals surface area contributed by atoms with Crippen LogP contribution in [0.2, 0.25) is 0 Å². The van der Waals surface area contributed by atoms with Crippen molar-refractivity contribution in [2.45, 2.75) is 23.2 Å². The Kier molecular flexibility index (Phi) is 9.36. The molecule has 1 fully saturated rings. The largest absolute Gasteiger partial charge is 0.258 e. The van der Waals surface area contributed by atoms with E-state index in [1.54, 1.807) is 21.6 Å². The molecule has 1 nitrogen and oxygen atoms in total. The molecule has 6 heteroatoms. The van der Waals surface area contributed by atoms with Gasteiger partial charge in [-0.15, -0.1) is 13.2 Å². The lowest BCUT2D eigenvalue weighted by Crippen LogP contribution is -2.15. The van der Waals surface area contributed by atoms with Crippen molar-refractivity contribution in [1.29, 1.82) is 0 Å². The summed E-state index contributed by atoms with van der Waals surface area (Å²) < 4.78 is 12.5. The second kappa shape index (κ2) is 9.86. The first-order chi connectivity index (χ1) is 8.70. The van der Waals surface area contributed by atoms with Gasteiger partial charge in [-0.05, 0) is 12.3 Å². The number of rotatable bonds is 9. The van der Waals surface area contributed by atoms with Gasteiger partial charge in [0, 0.05) is 33.3 Å². The molecule has 0 bridgehead atoms. The molecule has 0 aromatic rings. The van der Waals surface area contributed by atoms with E-state index in [1.165, 1.54) is 0 Å². The van der Waals surface area contributed by atoms with Crippen LogP contribution in [0, 0.1) is 5.92 Å². The predicted molar refractivity (Wildman–Crippen MR) is 94.9 cm³/mol. The van der Waals surface area contributed by atoms with Crippen LogP contribution in [-0.2, 0) is 10.8 Å². The van der Waals surface area contributed by atoms with E-state index in [4.69, 9.17) is 0 Å². The topological polar surface area (TPSA) is 17.1 Å².